The second-order valence-electron chi connectivity index (χ2n) is 11.9. The Morgan fingerprint density at radius 3 is 2.47 bits per heavy atom. The van der Waals surface area contributed by atoms with Crippen molar-refractivity contribution in [2.24, 2.45) is 0 Å². The minimum absolute atomic E-state index is 0.0411. The van der Waals surface area contributed by atoms with Gasteiger partial charge < -0.3 is 24.8 Å². The van der Waals surface area contributed by atoms with Crippen LogP contribution in [0.15, 0.2) is 77.1 Å². The summed E-state index contributed by atoms with van der Waals surface area (Å²) in [5, 5.41) is 21.5. The second-order valence-corrected chi connectivity index (χ2v) is 14.4. The Labute approximate surface area is 289 Å². The van der Waals surface area contributed by atoms with Gasteiger partial charge in [0.15, 0.2) is 10.6 Å². The van der Waals surface area contributed by atoms with Gasteiger partial charge in [0.25, 0.3) is 0 Å². The van der Waals surface area contributed by atoms with E-state index in [4.69, 9.17) is 9.47 Å². The number of carbonyl (C=O) groups excluding carboxylic acids is 2. The highest BCUT2D eigenvalue weighted by atomic mass is 32.2. The minimum atomic E-state index is -5.02. The fraction of sp³-hybridized carbons (Fsp3) is 0.371. The number of alkyl halides is 3. The van der Waals surface area contributed by atoms with Crippen LogP contribution in [0.5, 0.6) is 0 Å². The van der Waals surface area contributed by atoms with Gasteiger partial charge in [-0.1, -0.05) is 83.8 Å². The first kappa shape index (κ1) is 35.0. The second kappa shape index (κ2) is 15.4. The van der Waals surface area contributed by atoms with Crippen molar-refractivity contribution in [1.29, 1.82) is 0 Å². The van der Waals surface area contributed by atoms with Gasteiger partial charge in [0, 0.05) is 30.8 Å². The maximum absolute atomic E-state index is 13.0. The molecule has 2 saturated heterocycles. The number of ether oxygens (including phenoxy) is 2. The molecule has 2 N–H and O–H groups in total. The van der Waals surface area contributed by atoms with E-state index in [0.29, 0.717) is 23.5 Å². The van der Waals surface area contributed by atoms with Crippen molar-refractivity contribution < 1.29 is 37.3 Å². The molecular weight excluding hydrogens is 678 g/mol. The molecule has 0 saturated carbocycles. The molecule has 9 nitrogen and oxygen atoms in total. The van der Waals surface area contributed by atoms with Crippen LogP contribution in [0.25, 0.3) is 11.1 Å². The van der Waals surface area contributed by atoms with Gasteiger partial charge in [0.05, 0.1) is 18.8 Å². The van der Waals surface area contributed by atoms with Crippen molar-refractivity contribution in [1.82, 2.24) is 20.4 Å². The summed E-state index contributed by atoms with van der Waals surface area (Å²) in [5.41, 5.74) is 5.14. The number of amides is 2. The zero-order chi connectivity index (χ0) is 34.5. The highest BCUT2D eigenvalue weighted by Crippen LogP contribution is 2.40. The van der Waals surface area contributed by atoms with E-state index >= 15 is 0 Å². The van der Waals surface area contributed by atoms with Crippen LogP contribution in [0, 0.1) is 6.92 Å². The highest BCUT2D eigenvalue weighted by molar-refractivity contribution is 8.01. The molecule has 0 bridgehead atoms. The van der Waals surface area contributed by atoms with Crippen LogP contribution in [-0.2, 0) is 32.2 Å². The number of nitrogens with one attached hydrogen (secondary N) is 1. The number of nitrogens with zero attached hydrogens (tertiary/aromatic N) is 3. The SMILES string of the molecule is Cc1nnc(SC[C@H]2C[C@@H](c3ccc(CO)cc3)O[C@@H](c3cccc(-c4cccc(CNC(=O)[C@@H]5CCCN5C(=O)C(F)(F)F)c4)c3)O2)s1. The van der Waals surface area contributed by atoms with Crippen molar-refractivity contribution >= 4 is 34.9 Å². The third kappa shape index (κ3) is 8.68. The average molecular weight is 713 g/mol. The van der Waals surface area contributed by atoms with Gasteiger partial charge in [-0.2, -0.15) is 13.2 Å². The summed E-state index contributed by atoms with van der Waals surface area (Å²) in [7, 11) is 0. The van der Waals surface area contributed by atoms with Gasteiger partial charge in [-0.25, -0.2) is 0 Å². The van der Waals surface area contributed by atoms with E-state index in [1.54, 1.807) is 11.8 Å². The molecule has 1 aromatic heterocycles. The first-order valence-corrected chi connectivity index (χ1v) is 17.7. The molecule has 258 valence electrons. The van der Waals surface area contributed by atoms with Gasteiger partial charge in [-0.3, -0.25) is 9.59 Å². The summed E-state index contributed by atoms with van der Waals surface area (Å²) in [5.74, 6) is -1.93. The summed E-state index contributed by atoms with van der Waals surface area (Å²) in [4.78, 5) is 25.3. The van der Waals surface area contributed by atoms with Crippen LogP contribution in [0.4, 0.5) is 13.2 Å². The number of thioether (sulfide) groups is 1. The third-order valence-electron chi connectivity index (χ3n) is 8.46. The van der Waals surface area contributed by atoms with E-state index in [1.807, 2.05) is 79.7 Å². The van der Waals surface area contributed by atoms with Crippen LogP contribution in [-0.4, -0.2) is 62.6 Å². The molecule has 2 amide bonds. The number of aliphatic hydroxyl groups is 1. The van der Waals surface area contributed by atoms with E-state index < -0.39 is 30.3 Å². The van der Waals surface area contributed by atoms with Crippen LogP contribution >= 0.6 is 23.1 Å². The third-order valence-corrected chi connectivity index (χ3v) is 10.6. The predicted octanol–water partition coefficient (Wildman–Crippen LogP) is 6.51. The Morgan fingerprint density at radius 2 is 1.76 bits per heavy atom. The number of hydrogen-bond acceptors (Lipinski definition) is 9. The lowest BCUT2D eigenvalue weighted by molar-refractivity contribution is -0.245. The number of carbonyl (C=O) groups is 2. The van der Waals surface area contributed by atoms with Crippen molar-refractivity contribution in [3.8, 4) is 11.1 Å². The zero-order valence-corrected chi connectivity index (χ0v) is 28.2. The molecule has 0 aliphatic carbocycles. The Bertz CT molecular complexity index is 1770. The molecule has 49 heavy (non-hydrogen) atoms. The van der Waals surface area contributed by atoms with E-state index in [1.165, 1.54) is 11.3 Å². The van der Waals surface area contributed by atoms with Crippen molar-refractivity contribution in [2.45, 2.75) is 74.4 Å². The minimum Gasteiger partial charge on any atom is -0.392 e. The molecule has 6 rings (SSSR count). The molecule has 0 unspecified atom stereocenters. The van der Waals surface area contributed by atoms with E-state index in [2.05, 4.69) is 15.5 Å². The fourth-order valence-corrected chi connectivity index (χ4v) is 7.86. The van der Waals surface area contributed by atoms with Gasteiger partial charge in [0.2, 0.25) is 5.91 Å². The van der Waals surface area contributed by atoms with Crippen molar-refractivity contribution in [3.05, 3.63) is 100 Å². The standard InChI is InChI=1S/C35H35F3N4O5S2/c1-21-40-41-34(49-21)48-20-28-17-30(24-12-10-22(19-43)11-13-24)47-32(46-28)27-8-3-7-26(16-27)25-6-2-5-23(15-25)18-39-31(44)29-9-4-14-42(29)33(45)35(36,37)38/h2-3,5-8,10-13,15-16,28-30,32,43H,4,9,14,17-20H2,1H3,(H,39,44)/t28-,29+,30+,32+/m1/s1. The van der Waals surface area contributed by atoms with E-state index in [0.717, 1.165) is 42.7 Å². The number of likely N-dealkylation sites (tertiary alicyclic amines) is 1. The molecule has 2 fully saturated rings. The van der Waals surface area contributed by atoms with Gasteiger partial charge in [-0.05, 0) is 59.7 Å². The van der Waals surface area contributed by atoms with Gasteiger partial charge in [-0.15, -0.1) is 10.2 Å². The Morgan fingerprint density at radius 1 is 1.00 bits per heavy atom. The molecule has 3 aromatic carbocycles. The molecule has 4 aromatic rings. The van der Waals surface area contributed by atoms with Crippen LogP contribution in [0.1, 0.15) is 58.9 Å². The molecule has 4 atom stereocenters. The lowest BCUT2D eigenvalue weighted by Crippen LogP contribution is -2.50. The zero-order valence-electron chi connectivity index (χ0n) is 26.6. The normalized spacial score (nSPS) is 21.1. The smallest absolute Gasteiger partial charge is 0.392 e. The lowest BCUT2D eigenvalue weighted by atomic mass is 9.99. The number of rotatable bonds is 10. The molecule has 2 aliphatic rings. The first-order valence-electron chi connectivity index (χ1n) is 15.9. The van der Waals surface area contributed by atoms with Crippen LogP contribution in [0.3, 0.4) is 0 Å². The first-order chi connectivity index (χ1) is 23.6. The number of aryl methyl sites for hydroxylation is 1. The number of benzene rings is 3. The maximum atomic E-state index is 13.0. The number of aromatic nitrogens is 2. The quantitative estimate of drug-likeness (QED) is 0.179. The van der Waals surface area contributed by atoms with Crippen LogP contribution < -0.4 is 5.32 Å². The molecule has 2 aliphatic heterocycles. The van der Waals surface area contributed by atoms with Crippen LogP contribution in [0.2, 0.25) is 0 Å². The largest absolute Gasteiger partial charge is 0.471 e. The predicted molar refractivity (Wildman–Crippen MR) is 178 cm³/mol. The average Bonchev–Trinajstić information content (AvgIpc) is 3.78. The fourth-order valence-electron chi connectivity index (χ4n) is 6.00. The summed E-state index contributed by atoms with van der Waals surface area (Å²) < 4.78 is 53.0. The maximum Gasteiger partial charge on any atom is 0.471 e. The monoisotopic (exact) mass is 712 g/mol. The van der Waals surface area contributed by atoms with Gasteiger partial charge >= 0.3 is 12.1 Å². The summed E-state index contributed by atoms with van der Waals surface area (Å²) in [6.45, 7) is 1.87. The van der Waals surface area contributed by atoms with E-state index in [9.17, 15) is 27.9 Å². The molecular formula is C35H35F3N4O5S2. The van der Waals surface area contributed by atoms with Crippen molar-refractivity contribution in [2.75, 3.05) is 12.3 Å². The topological polar surface area (TPSA) is 114 Å². The molecule has 0 spiro atoms. The molecule has 14 heteroatoms. The summed E-state index contributed by atoms with van der Waals surface area (Å²) >= 11 is 3.14. The lowest BCUT2D eigenvalue weighted by Gasteiger charge is -2.36. The summed E-state index contributed by atoms with van der Waals surface area (Å²) in [6.07, 6.45) is -4.92. The number of halogens is 3. The Kier molecular flexibility index (Phi) is 11.0. The van der Waals surface area contributed by atoms with Crippen molar-refractivity contribution in [3.63, 3.8) is 0 Å². The van der Waals surface area contributed by atoms with Gasteiger partial charge in [0.1, 0.15) is 11.0 Å². The number of hydrogen-bond donors (Lipinski definition) is 2. The highest BCUT2D eigenvalue weighted by Gasteiger charge is 2.47. The molecule has 3 heterocycles. The Hall–Kier alpha value is -3.82. The summed E-state index contributed by atoms with van der Waals surface area (Å²) in [6, 6.07) is 21.9. The van der Waals surface area contributed by atoms with E-state index in [-0.39, 0.29) is 38.3 Å². The molecule has 0 radical (unpaired) electrons. The Balaban J connectivity index is 1.16. The number of aliphatic hydroxyl groups excluding tert-OH is 1.